The Morgan fingerprint density at radius 1 is 1.08 bits per heavy atom. The molecule has 1 fully saturated rings. The van der Waals surface area contributed by atoms with Gasteiger partial charge in [0.2, 0.25) is 12.7 Å². The molecule has 0 spiro atoms. The smallest absolute Gasteiger partial charge is 0.254 e. The van der Waals surface area contributed by atoms with Crippen LogP contribution in [0.2, 0.25) is 0 Å². The minimum absolute atomic E-state index is 0.170. The molecule has 2 aliphatic heterocycles. The van der Waals surface area contributed by atoms with E-state index in [-0.39, 0.29) is 18.6 Å². The molecule has 2 aliphatic rings. The molecule has 0 N–H and O–H groups in total. The summed E-state index contributed by atoms with van der Waals surface area (Å²) >= 11 is 0. The third-order valence-electron chi connectivity index (χ3n) is 4.68. The van der Waals surface area contributed by atoms with Crippen molar-refractivity contribution < 1.29 is 23.5 Å². The molecule has 0 unspecified atom stereocenters. The fraction of sp³-hybridized carbons (Fsp3) is 0.263. The second-order valence-electron chi connectivity index (χ2n) is 6.21. The number of amides is 2. The summed E-state index contributed by atoms with van der Waals surface area (Å²) in [5.41, 5.74) is 1.07. The lowest BCUT2D eigenvalue weighted by atomic mass is 10.1. The lowest BCUT2D eigenvalue weighted by Crippen LogP contribution is -2.57. The van der Waals surface area contributed by atoms with Crippen molar-refractivity contribution >= 4 is 17.5 Å². The summed E-state index contributed by atoms with van der Waals surface area (Å²) in [5.74, 6) is 0.396. The number of benzene rings is 2. The van der Waals surface area contributed by atoms with E-state index in [2.05, 4.69) is 0 Å². The first-order valence-corrected chi connectivity index (χ1v) is 8.32. The lowest BCUT2D eigenvalue weighted by molar-refractivity contribution is -0.124. The summed E-state index contributed by atoms with van der Waals surface area (Å²) in [6, 6.07) is 10.1. The van der Waals surface area contributed by atoms with E-state index in [9.17, 15) is 14.0 Å². The number of carbonyl (C=O) groups is 2. The number of hydrogen-bond acceptors (Lipinski definition) is 4. The Labute approximate surface area is 149 Å². The fourth-order valence-corrected chi connectivity index (χ4v) is 3.22. The highest BCUT2D eigenvalue weighted by atomic mass is 19.1. The number of hydrogen-bond donors (Lipinski definition) is 0. The van der Waals surface area contributed by atoms with E-state index in [1.54, 1.807) is 30.0 Å². The summed E-state index contributed by atoms with van der Waals surface area (Å²) in [4.78, 5) is 28.6. The van der Waals surface area contributed by atoms with Gasteiger partial charge in [-0.05, 0) is 43.3 Å². The Hall–Kier alpha value is -3.09. The standard InChI is InChI=1S/C19H17FN2O4/c1-12-18(23)22(15-6-7-16-17(10-15)26-11-25-16)9-8-21(12)19(24)13-2-4-14(20)5-3-13/h2-7,10,12H,8-9,11H2,1H3/t12-/m1/s1. The van der Waals surface area contributed by atoms with Crippen molar-refractivity contribution in [3.8, 4) is 11.5 Å². The molecule has 0 aromatic heterocycles. The van der Waals surface area contributed by atoms with Crippen LogP contribution in [0.3, 0.4) is 0 Å². The molecule has 1 saturated heterocycles. The van der Waals surface area contributed by atoms with Crippen molar-refractivity contribution in [1.82, 2.24) is 4.90 Å². The van der Waals surface area contributed by atoms with E-state index in [4.69, 9.17) is 9.47 Å². The highest BCUT2D eigenvalue weighted by molar-refractivity contribution is 6.03. The van der Waals surface area contributed by atoms with Crippen LogP contribution in [0.4, 0.5) is 10.1 Å². The van der Waals surface area contributed by atoms with E-state index >= 15 is 0 Å². The van der Waals surface area contributed by atoms with Gasteiger partial charge in [0.1, 0.15) is 11.9 Å². The second-order valence-corrected chi connectivity index (χ2v) is 6.21. The number of carbonyl (C=O) groups excluding carboxylic acids is 2. The Morgan fingerprint density at radius 2 is 1.81 bits per heavy atom. The van der Waals surface area contributed by atoms with Crippen LogP contribution in [0.5, 0.6) is 11.5 Å². The Bertz CT molecular complexity index is 868. The Kier molecular flexibility index (Phi) is 3.99. The van der Waals surface area contributed by atoms with Crippen molar-refractivity contribution in [1.29, 1.82) is 0 Å². The average Bonchev–Trinajstić information content (AvgIpc) is 3.12. The van der Waals surface area contributed by atoms with Gasteiger partial charge in [0.05, 0.1) is 0 Å². The molecule has 26 heavy (non-hydrogen) atoms. The SMILES string of the molecule is C[C@@H]1C(=O)N(c2ccc3c(c2)OCO3)CCN1C(=O)c1ccc(F)cc1. The predicted molar refractivity (Wildman–Crippen MR) is 91.8 cm³/mol. The van der Waals surface area contributed by atoms with Gasteiger partial charge in [0.25, 0.3) is 5.91 Å². The van der Waals surface area contributed by atoms with Crippen LogP contribution >= 0.6 is 0 Å². The minimum atomic E-state index is -0.619. The van der Waals surface area contributed by atoms with Crippen LogP contribution in [0.1, 0.15) is 17.3 Å². The molecule has 0 aliphatic carbocycles. The quantitative estimate of drug-likeness (QED) is 0.829. The predicted octanol–water partition coefficient (Wildman–Crippen LogP) is 2.43. The molecular formula is C19H17FN2O4. The van der Waals surface area contributed by atoms with E-state index in [1.807, 2.05) is 0 Å². The van der Waals surface area contributed by atoms with Crippen molar-refractivity contribution in [2.45, 2.75) is 13.0 Å². The van der Waals surface area contributed by atoms with Crippen molar-refractivity contribution in [3.05, 3.63) is 53.8 Å². The lowest BCUT2D eigenvalue weighted by Gasteiger charge is -2.39. The minimum Gasteiger partial charge on any atom is -0.454 e. The molecule has 134 valence electrons. The van der Waals surface area contributed by atoms with Crippen LogP contribution < -0.4 is 14.4 Å². The van der Waals surface area contributed by atoms with Crippen LogP contribution in [0.15, 0.2) is 42.5 Å². The van der Waals surface area contributed by atoms with Crippen molar-refractivity contribution in [2.24, 2.45) is 0 Å². The summed E-state index contributed by atoms with van der Waals surface area (Å²) in [5, 5.41) is 0. The largest absolute Gasteiger partial charge is 0.454 e. The molecule has 2 amide bonds. The van der Waals surface area contributed by atoms with Gasteiger partial charge < -0.3 is 19.3 Å². The van der Waals surface area contributed by atoms with Crippen LogP contribution in [-0.4, -0.2) is 42.6 Å². The van der Waals surface area contributed by atoms with Gasteiger partial charge in [-0.1, -0.05) is 0 Å². The van der Waals surface area contributed by atoms with Crippen LogP contribution in [-0.2, 0) is 4.79 Å². The van der Waals surface area contributed by atoms with E-state index in [1.165, 1.54) is 29.2 Å². The van der Waals surface area contributed by atoms with Gasteiger partial charge in [-0.15, -0.1) is 0 Å². The maximum absolute atomic E-state index is 13.1. The Morgan fingerprint density at radius 3 is 2.58 bits per heavy atom. The zero-order valence-corrected chi connectivity index (χ0v) is 14.1. The molecule has 4 rings (SSSR count). The number of halogens is 1. The molecular weight excluding hydrogens is 339 g/mol. The molecule has 7 heteroatoms. The highest BCUT2D eigenvalue weighted by Gasteiger charge is 2.35. The van der Waals surface area contributed by atoms with Crippen LogP contribution in [0.25, 0.3) is 0 Å². The second kappa shape index (κ2) is 6.33. The third kappa shape index (κ3) is 2.75. The van der Waals surface area contributed by atoms with Gasteiger partial charge >= 0.3 is 0 Å². The molecule has 6 nitrogen and oxygen atoms in total. The molecule has 0 radical (unpaired) electrons. The summed E-state index contributed by atoms with van der Waals surface area (Å²) in [7, 11) is 0. The first-order chi connectivity index (χ1) is 12.5. The normalized spacial score (nSPS) is 19.0. The topological polar surface area (TPSA) is 59.1 Å². The maximum atomic E-state index is 13.1. The third-order valence-corrected chi connectivity index (χ3v) is 4.68. The molecule has 1 atom stereocenters. The number of anilines is 1. The van der Waals surface area contributed by atoms with E-state index in [0.717, 1.165) is 0 Å². The van der Waals surface area contributed by atoms with Gasteiger partial charge in [-0.3, -0.25) is 9.59 Å². The molecule has 0 bridgehead atoms. The molecule has 2 aromatic rings. The number of piperazine rings is 1. The number of nitrogens with zero attached hydrogens (tertiary/aromatic N) is 2. The van der Waals surface area contributed by atoms with E-state index in [0.29, 0.717) is 35.8 Å². The van der Waals surface area contributed by atoms with Gasteiger partial charge in [0, 0.05) is 30.4 Å². The monoisotopic (exact) mass is 356 g/mol. The van der Waals surface area contributed by atoms with Gasteiger partial charge in [-0.25, -0.2) is 4.39 Å². The highest BCUT2D eigenvalue weighted by Crippen LogP contribution is 2.36. The molecule has 2 heterocycles. The average molecular weight is 356 g/mol. The van der Waals surface area contributed by atoms with Gasteiger partial charge in [0.15, 0.2) is 11.5 Å². The first kappa shape index (κ1) is 16.4. The van der Waals surface area contributed by atoms with Crippen molar-refractivity contribution in [3.63, 3.8) is 0 Å². The zero-order valence-electron chi connectivity index (χ0n) is 14.1. The number of ether oxygens (including phenoxy) is 2. The number of fused-ring (bicyclic) bond motifs is 1. The Balaban J connectivity index is 1.53. The fourth-order valence-electron chi connectivity index (χ4n) is 3.22. The van der Waals surface area contributed by atoms with Gasteiger partial charge in [-0.2, -0.15) is 0 Å². The first-order valence-electron chi connectivity index (χ1n) is 8.32. The molecule has 0 saturated carbocycles. The summed E-state index contributed by atoms with van der Waals surface area (Å²) in [6.07, 6.45) is 0. The van der Waals surface area contributed by atoms with Crippen LogP contribution in [0, 0.1) is 5.82 Å². The van der Waals surface area contributed by atoms with Crippen molar-refractivity contribution in [2.75, 3.05) is 24.8 Å². The zero-order chi connectivity index (χ0) is 18.3. The maximum Gasteiger partial charge on any atom is 0.254 e. The summed E-state index contributed by atoms with van der Waals surface area (Å²) < 4.78 is 23.7. The summed E-state index contributed by atoms with van der Waals surface area (Å²) in [6.45, 7) is 2.62. The number of rotatable bonds is 2. The van der Waals surface area contributed by atoms with E-state index < -0.39 is 11.9 Å². The molecule has 2 aromatic carbocycles.